The van der Waals surface area contributed by atoms with Crippen molar-refractivity contribution < 1.29 is 4.92 Å². The average molecular weight is 283 g/mol. The summed E-state index contributed by atoms with van der Waals surface area (Å²) in [5.74, 6) is 0.298. The molecule has 0 saturated heterocycles. The van der Waals surface area contributed by atoms with Crippen LogP contribution in [0.4, 0.5) is 11.5 Å². The zero-order chi connectivity index (χ0) is 11.7. The highest BCUT2D eigenvalue weighted by Gasteiger charge is 2.17. The Bertz CT molecular complexity index is 552. The standard InChI is InChI=1S/C9H7BrN4O2/c10-5-1-2-6(8(3-5)14(15)16)7-4-9(11)13-12-7/h1-4H,(H3,11,12,13). The second-order valence-corrected chi connectivity index (χ2v) is 4.04. The first kappa shape index (κ1) is 10.6. The van der Waals surface area contributed by atoms with Gasteiger partial charge in [0.15, 0.2) is 0 Å². The van der Waals surface area contributed by atoms with Gasteiger partial charge in [0.05, 0.1) is 16.2 Å². The van der Waals surface area contributed by atoms with Gasteiger partial charge in [-0.1, -0.05) is 15.9 Å². The molecule has 82 valence electrons. The number of nitro groups is 1. The van der Waals surface area contributed by atoms with Crippen molar-refractivity contribution >= 4 is 27.4 Å². The Balaban J connectivity index is 2.60. The van der Waals surface area contributed by atoms with E-state index in [1.165, 1.54) is 6.07 Å². The lowest BCUT2D eigenvalue weighted by Crippen LogP contribution is -1.92. The van der Waals surface area contributed by atoms with Crippen LogP contribution in [0.1, 0.15) is 0 Å². The highest BCUT2D eigenvalue weighted by molar-refractivity contribution is 9.10. The lowest BCUT2D eigenvalue weighted by atomic mass is 10.1. The molecule has 1 aromatic heterocycles. The predicted octanol–water partition coefficient (Wildman–Crippen LogP) is 2.33. The van der Waals surface area contributed by atoms with Crippen LogP contribution >= 0.6 is 15.9 Å². The van der Waals surface area contributed by atoms with Gasteiger partial charge in [-0.15, -0.1) is 0 Å². The number of rotatable bonds is 2. The fourth-order valence-electron chi connectivity index (χ4n) is 1.36. The number of benzene rings is 1. The molecular formula is C9H7BrN4O2. The van der Waals surface area contributed by atoms with E-state index in [0.717, 1.165) is 0 Å². The molecular weight excluding hydrogens is 276 g/mol. The van der Waals surface area contributed by atoms with Gasteiger partial charge in [0.1, 0.15) is 5.82 Å². The molecule has 0 radical (unpaired) electrons. The number of aromatic nitrogens is 2. The fraction of sp³-hybridized carbons (Fsp3) is 0. The summed E-state index contributed by atoms with van der Waals surface area (Å²) in [7, 11) is 0. The van der Waals surface area contributed by atoms with E-state index in [0.29, 0.717) is 21.5 Å². The first-order valence-electron chi connectivity index (χ1n) is 4.33. The Kier molecular flexibility index (Phi) is 2.61. The van der Waals surface area contributed by atoms with E-state index in [4.69, 9.17) is 5.73 Å². The van der Waals surface area contributed by atoms with Gasteiger partial charge >= 0.3 is 0 Å². The number of nitrogen functional groups attached to an aromatic ring is 1. The number of aromatic amines is 1. The number of hydrogen-bond acceptors (Lipinski definition) is 4. The van der Waals surface area contributed by atoms with Crippen LogP contribution in [0.3, 0.4) is 0 Å². The molecule has 0 unspecified atom stereocenters. The van der Waals surface area contributed by atoms with Crippen molar-refractivity contribution in [2.45, 2.75) is 0 Å². The Labute approximate surface area is 98.7 Å². The lowest BCUT2D eigenvalue weighted by Gasteiger charge is -2.00. The monoisotopic (exact) mass is 282 g/mol. The maximum atomic E-state index is 10.9. The van der Waals surface area contributed by atoms with Crippen LogP contribution in [-0.2, 0) is 0 Å². The molecule has 16 heavy (non-hydrogen) atoms. The van der Waals surface area contributed by atoms with E-state index >= 15 is 0 Å². The van der Waals surface area contributed by atoms with Crippen LogP contribution in [0, 0.1) is 10.1 Å². The van der Waals surface area contributed by atoms with Crippen LogP contribution in [-0.4, -0.2) is 15.1 Å². The zero-order valence-electron chi connectivity index (χ0n) is 7.98. The highest BCUT2D eigenvalue weighted by atomic mass is 79.9. The van der Waals surface area contributed by atoms with Gasteiger partial charge in [0, 0.05) is 16.6 Å². The SMILES string of the molecule is Nc1cc(-c2ccc(Br)cc2[N+](=O)[O-])[nH]n1. The molecule has 0 fully saturated rings. The number of H-pyrrole nitrogens is 1. The summed E-state index contributed by atoms with van der Waals surface area (Å²) >= 11 is 3.19. The molecule has 1 heterocycles. The summed E-state index contributed by atoms with van der Waals surface area (Å²) in [5, 5.41) is 17.2. The van der Waals surface area contributed by atoms with Gasteiger partial charge in [0.25, 0.3) is 5.69 Å². The van der Waals surface area contributed by atoms with E-state index < -0.39 is 4.92 Å². The van der Waals surface area contributed by atoms with Gasteiger partial charge < -0.3 is 5.73 Å². The first-order chi connectivity index (χ1) is 7.58. The van der Waals surface area contributed by atoms with Crippen LogP contribution in [0.2, 0.25) is 0 Å². The maximum absolute atomic E-state index is 10.9. The molecule has 0 atom stereocenters. The molecule has 7 heteroatoms. The van der Waals surface area contributed by atoms with Gasteiger partial charge in [0.2, 0.25) is 0 Å². The third-order valence-corrected chi connectivity index (χ3v) is 2.54. The molecule has 0 amide bonds. The molecule has 2 rings (SSSR count). The van der Waals surface area contributed by atoms with Crippen molar-refractivity contribution in [2.24, 2.45) is 0 Å². The number of anilines is 1. The van der Waals surface area contributed by atoms with Gasteiger partial charge in [-0.3, -0.25) is 15.2 Å². The molecule has 0 aliphatic carbocycles. The Hall–Kier alpha value is -1.89. The Morgan fingerprint density at radius 1 is 1.44 bits per heavy atom. The first-order valence-corrected chi connectivity index (χ1v) is 5.12. The number of nitrogens with one attached hydrogen (secondary N) is 1. The predicted molar refractivity (Wildman–Crippen MR) is 62.8 cm³/mol. The topological polar surface area (TPSA) is 97.8 Å². The molecule has 6 nitrogen and oxygen atoms in total. The molecule has 0 saturated carbocycles. The maximum Gasteiger partial charge on any atom is 0.279 e. The minimum absolute atomic E-state index is 0.00183. The summed E-state index contributed by atoms with van der Waals surface area (Å²) in [6.45, 7) is 0. The van der Waals surface area contributed by atoms with Crippen LogP contribution in [0.25, 0.3) is 11.3 Å². The van der Waals surface area contributed by atoms with Crippen molar-refractivity contribution in [3.8, 4) is 11.3 Å². The van der Waals surface area contributed by atoms with E-state index in [2.05, 4.69) is 26.1 Å². The number of nitro benzene ring substituents is 1. The molecule has 2 aromatic rings. The summed E-state index contributed by atoms with van der Waals surface area (Å²) < 4.78 is 0.649. The average Bonchev–Trinajstić information content (AvgIpc) is 2.64. The molecule has 0 aliphatic heterocycles. The van der Waals surface area contributed by atoms with Crippen molar-refractivity contribution in [1.29, 1.82) is 0 Å². The second kappa shape index (κ2) is 3.93. The van der Waals surface area contributed by atoms with Crippen molar-refractivity contribution in [2.75, 3.05) is 5.73 Å². The van der Waals surface area contributed by atoms with E-state index in [1.54, 1.807) is 18.2 Å². The van der Waals surface area contributed by atoms with Crippen molar-refractivity contribution in [3.05, 3.63) is 38.9 Å². The summed E-state index contributed by atoms with van der Waals surface area (Å²) in [6.07, 6.45) is 0. The summed E-state index contributed by atoms with van der Waals surface area (Å²) in [4.78, 5) is 10.4. The number of nitrogens with two attached hydrogens (primary N) is 1. The summed E-state index contributed by atoms with van der Waals surface area (Å²) in [5.41, 5.74) is 6.43. The Morgan fingerprint density at radius 3 is 2.75 bits per heavy atom. The fourth-order valence-corrected chi connectivity index (χ4v) is 1.71. The lowest BCUT2D eigenvalue weighted by molar-refractivity contribution is -0.384. The summed E-state index contributed by atoms with van der Waals surface area (Å²) in [6, 6.07) is 6.34. The Morgan fingerprint density at radius 2 is 2.19 bits per heavy atom. The highest BCUT2D eigenvalue weighted by Crippen LogP contribution is 2.31. The molecule has 0 spiro atoms. The van der Waals surface area contributed by atoms with Crippen molar-refractivity contribution in [1.82, 2.24) is 10.2 Å². The van der Waals surface area contributed by atoms with Crippen LogP contribution in [0.15, 0.2) is 28.7 Å². The smallest absolute Gasteiger partial charge is 0.279 e. The molecule has 3 N–H and O–H groups in total. The minimum atomic E-state index is -0.447. The van der Waals surface area contributed by atoms with Crippen LogP contribution < -0.4 is 5.73 Å². The second-order valence-electron chi connectivity index (χ2n) is 3.13. The van der Waals surface area contributed by atoms with E-state index in [-0.39, 0.29) is 5.69 Å². The third kappa shape index (κ3) is 1.89. The van der Waals surface area contributed by atoms with Gasteiger partial charge in [-0.05, 0) is 12.1 Å². The minimum Gasteiger partial charge on any atom is -0.382 e. The van der Waals surface area contributed by atoms with Gasteiger partial charge in [-0.25, -0.2) is 0 Å². The number of halogens is 1. The quantitative estimate of drug-likeness (QED) is 0.652. The molecule has 0 aliphatic rings. The number of hydrogen-bond donors (Lipinski definition) is 2. The van der Waals surface area contributed by atoms with Crippen molar-refractivity contribution in [3.63, 3.8) is 0 Å². The van der Waals surface area contributed by atoms with Gasteiger partial charge in [-0.2, -0.15) is 5.10 Å². The number of nitrogens with zero attached hydrogens (tertiary/aromatic N) is 2. The largest absolute Gasteiger partial charge is 0.382 e. The molecule has 1 aromatic carbocycles. The third-order valence-electron chi connectivity index (χ3n) is 2.04. The van der Waals surface area contributed by atoms with E-state index in [1.807, 2.05) is 0 Å². The van der Waals surface area contributed by atoms with Crippen LogP contribution in [0.5, 0.6) is 0 Å². The normalized spacial score (nSPS) is 10.3. The zero-order valence-corrected chi connectivity index (χ0v) is 9.56. The van der Waals surface area contributed by atoms with E-state index in [9.17, 15) is 10.1 Å². The molecule has 0 bridgehead atoms.